The molecule has 1 aromatic rings. The van der Waals surface area contributed by atoms with Crippen molar-refractivity contribution in [1.29, 1.82) is 0 Å². The highest BCUT2D eigenvalue weighted by Gasteiger charge is 2.31. The molecule has 2 heterocycles. The van der Waals surface area contributed by atoms with E-state index in [1.165, 1.54) is 0 Å². The normalized spacial score (nSPS) is 20.4. The van der Waals surface area contributed by atoms with Crippen LogP contribution in [-0.2, 0) is 15.9 Å². The molecule has 0 amide bonds. The van der Waals surface area contributed by atoms with E-state index in [2.05, 4.69) is 4.98 Å². The van der Waals surface area contributed by atoms with Gasteiger partial charge >= 0.3 is 0 Å². The third-order valence-corrected chi connectivity index (χ3v) is 2.13. The molecule has 1 aliphatic heterocycles. The number of ether oxygens (including phenoxy) is 2. The van der Waals surface area contributed by atoms with Crippen LogP contribution in [-0.4, -0.2) is 24.0 Å². The number of rotatable bonds is 2. The van der Waals surface area contributed by atoms with Crippen molar-refractivity contribution in [3.8, 4) is 0 Å². The molecule has 13 heavy (non-hydrogen) atoms. The molecule has 0 aliphatic carbocycles. The van der Waals surface area contributed by atoms with E-state index in [-0.39, 0.29) is 0 Å². The molecule has 0 atom stereocenters. The average molecular weight is 179 g/mol. The van der Waals surface area contributed by atoms with Gasteiger partial charge in [0.15, 0.2) is 5.79 Å². The van der Waals surface area contributed by atoms with Crippen LogP contribution in [0.4, 0.5) is 0 Å². The lowest BCUT2D eigenvalue weighted by Gasteiger charge is -2.21. The van der Waals surface area contributed by atoms with Gasteiger partial charge in [-0.3, -0.25) is 4.98 Å². The molecule has 70 valence electrons. The summed E-state index contributed by atoms with van der Waals surface area (Å²) in [4.78, 5) is 4.23. The van der Waals surface area contributed by atoms with E-state index in [0.717, 1.165) is 5.69 Å². The zero-order valence-corrected chi connectivity index (χ0v) is 7.69. The van der Waals surface area contributed by atoms with E-state index >= 15 is 0 Å². The summed E-state index contributed by atoms with van der Waals surface area (Å²) in [5.41, 5.74) is 1.01. The highest BCUT2D eigenvalue weighted by molar-refractivity contribution is 5.05. The molecule has 0 unspecified atom stereocenters. The zero-order chi connectivity index (χ0) is 9.15. The van der Waals surface area contributed by atoms with Gasteiger partial charge in [-0.05, 0) is 19.1 Å². The third-order valence-electron chi connectivity index (χ3n) is 2.13. The molecule has 1 fully saturated rings. The molecule has 1 saturated heterocycles. The fourth-order valence-electron chi connectivity index (χ4n) is 1.49. The summed E-state index contributed by atoms with van der Waals surface area (Å²) < 4.78 is 11.0. The Morgan fingerprint density at radius 3 is 2.77 bits per heavy atom. The van der Waals surface area contributed by atoms with Crippen molar-refractivity contribution in [2.24, 2.45) is 0 Å². The first-order valence-electron chi connectivity index (χ1n) is 4.46. The van der Waals surface area contributed by atoms with Crippen molar-refractivity contribution in [2.75, 3.05) is 13.2 Å². The summed E-state index contributed by atoms with van der Waals surface area (Å²) in [6.07, 6.45) is 2.50. The Kier molecular flexibility index (Phi) is 2.29. The second kappa shape index (κ2) is 3.44. The molecule has 3 heteroatoms. The van der Waals surface area contributed by atoms with Crippen LogP contribution in [0.25, 0.3) is 0 Å². The number of pyridine rings is 1. The van der Waals surface area contributed by atoms with E-state index in [0.29, 0.717) is 19.6 Å². The van der Waals surface area contributed by atoms with Gasteiger partial charge in [0, 0.05) is 18.3 Å². The van der Waals surface area contributed by atoms with Crippen LogP contribution in [0.5, 0.6) is 0 Å². The Morgan fingerprint density at radius 2 is 2.15 bits per heavy atom. The van der Waals surface area contributed by atoms with Gasteiger partial charge in [-0.2, -0.15) is 0 Å². The number of hydrogen-bond acceptors (Lipinski definition) is 3. The molecule has 0 bridgehead atoms. The average Bonchev–Trinajstić information content (AvgIpc) is 2.54. The summed E-state index contributed by atoms with van der Waals surface area (Å²) in [7, 11) is 0. The van der Waals surface area contributed by atoms with Gasteiger partial charge in [0.05, 0.1) is 13.2 Å². The predicted octanol–water partition coefficient (Wildman–Crippen LogP) is 1.39. The summed E-state index contributed by atoms with van der Waals surface area (Å²) in [6.45, 7) is 3.32. The van der Waals surface area contributed by atoms with Crippen LogP contribution in [0.1, 0.15) is 12.6 Å². The lowest BCUT2D eigenvalue weighted by atomic mass is 10.1. The van der Waals surface area contributed by atoms with Gasteiger partial charge in [0.2, 0.25) is 0 Å². The van der Waals surface area contributed by atoms with Gasteiger partial charge in [0.1, 0.15) is 0 Å². The number of hydrogen-bond donors (Lipinski definition) is 0. The van der Waals surface area contributed by atoms with Gasteiger partial charge in [-0.1, -0.05) is 6.07 Å². The Labute approximate surface area is 77.7 Å². The number of aromatic nitrogens is 1. The van der Waals surface area contributed by atoms with Crippen LogP contribution in [0.2, 0.25) is 0 Å². The molecule has 0 spiro atoms. The fourth-order valence-corrected chi connectivity index (χ4v) is 1.49. The smallest absolute Gasteiger partial charge is 0.171 e. The minimum absolute atomic E-state index is 0.464. The maximum atomic E-state index is 5.48. The van der Waals surface area contributed by atoms with E-state index in [4.69, 9.17) is 9.47 Å². The molecule has 0 radical (unpaired) electrons. The second-order valence-corrected chi connectivity index (χ2v) is 3.33. The molecular weight excluding hydrogens is 166 g/mol. The molecule has 0 saturated carbocycles. The molecule has 2 rings (SSSR count). The van der Waals surface area contributed by atoms with Crippen LogP contribution in [0.3, 0.4) is 0 Å². The molecule has 3 nitrogen and oxygen atoms in total. The molecule has 1 aromatic heterocycles. The summed E-state index contributed by atoms with van der Waals surface area (Å²) in [6, 6.07) is 5.86. The van der Waals surface area contributed by atoms with Crippen LogP contribution in [0.15, 0.2) is 24.4 Å². The fraction of sp³-hybridized carbons (Fsp3) is 0.500. The van der Waals surface area contributed by atoms with E-state index in [1.807, 2.05) is 25.1 Å². The van der Waals surface area contributed by atoms with Crippen molar-refractivity contribution in [3.63, 3.8) is 0 Å². The largest absolute Gasteiger partial charge is 0.347 e. The maximum Gasteiger partial charge on any atom is 0.171 e. The highest BCUT2D eigenvalue weighted by atomic mass is 16.7. The maximum absolute atomic E-state index is 5.48. The topological polar surface area (TPSA) is 31.4 Å². The van der Waals surface area contributed by atoms with E-state index in [9.17, 15) is 0 Å². The minimum atomic E-state index is -0.464. The van der Waals surface area contributed by atoms with Gasteiger partial charge in [-0.15, -0.1) is 0 Å². The standard InChI is InChI=1S/C10H13NO2/c1-10(12-6-7-13-10)8-9-4-2-3-5-11-9/h2-5H,6-8H2,1H3. The van der Waals surface area contributed by atoms with Crippen LogP contribution < -0.4 is 0 Å². The van der Waals surface area contributed by atoms with Crippen molar-refractivity contribution in [3.05, 3.63) is 30.1 Å². The second-order valence-electron chi connectivity index (χ2n) is 3.33. The quantitative estimate of drug-likeness (QED) is 0.687. The van der Waals surface area contributed by atoms with Gasteiger partial charge in [0.25, 0.3) is 0 Å². The van der Waals surface area contributed by atoms with E-state index in [1.54, 1.807) is 6.20 Å². The molecular formula is C10H13NO2. The highest BCUT2D eigenvalue weighted by Crippen LogP contribution is 2.22. The Hall–Kier alpha value is -0.930. The molecule has 0 aromatic carbocycles. The SMILES string of the molecule is CC1(Cc2ccccn2)OCCO1. The zero-order valence-electron chi connectivity index (χ0n) is 7.69. The van der Waals surface area contributed by atoms with Crippen LogP contribution in [0, 0.1) is 0 Å². The summed E-state index contributed by atoms with van der Waals surface area (Å²) in [5, 5.41) is 0. The third kappa shape index (κ3) is 2.05. The Balaban J connectivity index is 2.05. The molecule has 1 aliphatic rings. The minimum Gasteiger partial charge on any atom is -0.347 e. The first kappa shape index (κ1) is 8.66. The van der Waals surface area contributed by atoms with E-state index < -0.39 is 5.79 Å². The Bertz CT molecular complexity index is 268. The summed E-state index contributed by atoms with van der Waals surface area (Å²) >= 11 is 0. The van der Waals surface area contributed by atoms with Gasteiger partial charge < -0.3 is 9.47 Å². The van der Waals surface area contributed by atoms with Crippen molar-refractivity contribution in [1.82, 2.24) is 4.98 Å². The van der Waals surface area contributed by atoms with Crippen molar-refractivity contribution >= 4 is 0 Å². The summed E-state index contributed by atoms with van der Waals surface area (Å²) in [5.74, 6) is -0.464. The Morgan fingerprint density at radius 1 is 1.38 bits per heavy atom. The molecule has 0 N–H and O–H groups in total. The first-order chi connectivity index (χ1) is 6.29. The first-order valence-corrected chi connectivity index (χ1v) is 4.46. The monoisotopic (exact) mass is 179 g/mol. The lowest BCUT2D eigenvalue weighted by Crippen LogP contribution is -2.28. The van der Waals surface area contributed by atoms with Crippen molar-refractivity contribution < 1.29 is 9.47 Å². The van der Waals surface area contributed by atoms with Gasteiger partial charge in [-0.25, -0.2) is 0 Å². The predicted molar refractivity (Wildman–Crippen MR) is 48.3 cm³/mol. The van der Waals surface area contributed by atoms with Crippen LogP contribution >= 0.6 is 0 Å². The van der Waals surface area contributed by atoms with Crippen molar-refractivity contribution in [2.45, 2.75) is 19.1 Å². The lowest BCUT2D eigenvalue weighted by molar-refractivity contribution is -0.140. The number of nitrogens with zero attached hydrogens (tertiary/aromatic N) is 1.